The lowest BCUT2D eigenvalue weighted by Gasteiger charge is -2.10. The maximum absolute atomic E-state index is 12.7. The first-order chi connectivity index (χ1) is 12.5. The summed E-state index contributed by atoms with van der Waals surface area (Å²) in [5.74, 6) is 0.879. The van der Waals surface area contributed by atoms with Crippen molar-refractivity contribution in [2.45, 2.75) is 33.4 Å². The van der Waals surface area contributed by atoms with Crippen LogP contribution in [0.15, 0.2) is 33.6 Å². The Morgan fingerprint density at radius 2 is 2.04 bits per heavy atom. The number of carbonyl (C=O) groups excluding carboxylic acids is 1. The van der Waals surface area contributed by atoms with Gasteiger partial charge in [-0.15, -0.1) is 0 Å². The van der Waals surface area contributed by atoms with Gasteiger partial charge in [0.05, 0.1) is 12.8 Å². The van der Waals surface area contributed by atoms with Gasteiger partial charge in [-0.2, -0.15) is 4.98 Å². The second kappa shape index (κ2) is 7.38. The summed E-state index contributed by atoms with van der Waals surface area (Å²) in [6, 6.07) is 7.39. The van der Waals surface area contributed by atoms with Crippen LogP contribution in [0.2, 0.25) is 0 Å². The van der Waals surface area contributed by atoms with Crippen molar-refractivity contribution in [1.82, 2.24) is 20.0 Å². The van der Waals surface area contributed by atoms with Gasteiger partial charge in [0.25, 0.3) is 11.3 Å². The molecule has 0 atom stereocenters. The third-order valence-electron chi connectivity index (χ3n) is 4.14. The first kappa shape index (κ1) is 17.7. The van der Waals surface area contributed by atoms with Crippen molar-refractivity contribution in [1.29, 1.82) is 0 Å². The zero-order chi connectivity index (χ0) is 18.7. The number of aryl methyl sites for hydroxylation is 2. The van der Waals surface area contributed by atoms with Gasteiger partial charge in [-0.25, -0.2) is 0 Å². The lowest BCUT2D eigenvalue weighted by atomic mass is 10.2. The van der Waals surface area contributed by atoms with E-state index in [9.17, 15) is 9.59 Å². The molecule has 2 heterocycles. The number of nitrogens with one attached hydrogen (secondary N) is 1. The van der Waals surface area contributed by atoms with Gasteiger partial charge in [-0.1, -0.05) is 24.2 Å². The van der Waals surface area contributed by atoms with E-state index in [0.717, 1.165) is 11.3 Å². The highest BCUT2D eigenvalue weighted by atomic mass is 16.5. The summed E-state index contributed by atoms with van der Waals surface area (Å²) in [5, 5.41) is 7.00. The molecule has 136 valence electrons. The number of carbonyl (C=O) groups is 1. The lowest BCUT2D eigenvalue weighted by Crippen LogP contribution is -2.33. The summed E-state index contributed by atoms with van der Waals surface area (Å²) < 4.78 is 11.5. The summed E-state index contributed by atoms with van der Waals surface area (Å²) in [4.78, 5) is 29.2. The molecular weight excluding hydrogens is 336 g/mol. The van der Waals surface area contributed by atoms with Crippen LogP contribution < -0.4 is 15.6 Å². The van der Waals surface area contributed by atoms with Gasteiger partial charge in [0.2, 0.25) is 5.91 Å². The van der Waals surface area contributed by atoms with Gasteiger partial charge in [0, 0.05) is 6.54 Å². The van der Waals surface area contributed by atoms with Crippen molar-refractivity contribution < 1.29 is 14.1 Å². The Balaban J connectivity index is 1.75. The first-order valence-electron chi connectivity index (χ1n) is 8.28. The van der Waals surface area contributed by atoms with E-state index in [0.29, 0.717) is 29.9 Å². The van der Waals surface area contributed by atoms with Crippen LogP contribution in [0.3, 0.4) is 0 Å². The second-order valence-corrected chi connectivity index (χ2v) is 5.84. The lowest BCUT2D eigenvalue weighted by molar-refractivity contribution is -0.121. The van der Waals surface area contributed by atoms with Gasteiger partial charge in [-0.3, -0.25) is 14.2 Å². The number of methoxy groups -OCH3 is 1. The van der Waals surface area contributed by atoms with Crippen LogP contribution in [0, 0.1) is 6.92 Å². The topological polar surface area (TPSA) is 99.2 Å². The fraction of sp³-hybridized carbons (Fsp3) is 0.333. The van der Waals surface area contributed by atoms with E-state index in [1.54, 1.807) is 14.0 Å². The molecule has 0 spiro atoms. The monoisotopic (exact) mass is 356 g/mol. The Kier molecular flexibility index (Phi) is 5.01. The first-order valence-corrected chi connectivity index (χ1v) is 8.28. The molecule has 0 radical (unpaired) electrons. The van der Waals surface area contributed by atoms with Gasteiger partial charge < -0.3 is 14.6 Å². The van der Waals surface area contributed by atoms with E-state index < -0.39 is 0 Å². The molecule has 0 bridgehead atoms. The number of ether oxygens (including phenoxy) is 1. The average Bonchev–Trinajstić information content (AvgIpc) is 3.06. The van der Waals surface area contributed by atoms with Crippen molar-refractivity contribution >= 4 is 17.0 Å². The fourth-order valence-electron chi connectivity index (χ4n) is 2.66. The van der Waals surface area contributed by atoms with Gasteiger partial charge in [-0.05, 0) is 31.0 Å². The van der Waals surface area contributed by atoms with Crippen LogP contribution in [0.5, 0.6) is 5.75 Å². The van der Waals surface area contributed by atoms with Crippen LogP contribution in [0.25, 0.3) is 11.1 Å². The third-order valence-corrected chi connectivity index (χ3v) is 4.14. The molecule has 2 aromatic heterocycles. The highest BCUT2D eigenvalue weighted by Gasteiger charge is 2.17. The predicted octanol–water partition coefficient (Wildman–Crippen LogP) is 1.58. The number of hydrogen-bond acceptors (Lipinski definition) is 6. The predicted molar refractivity (Wildman–Crippen MR) is 95.0 cm³/mol. The normalized spacial score (nSPS) is 10.9. The molecular formula is C18H20N4O4. The number of amides is 1. The zero-order valence-corrected chi connectivity index (χ0v) is 14.9. The van der Waals surface area contributed by atoms with E-state index in [4.69, 9.17) is 9.26 Å². The standard InChI is InChI=1S/C18H20N4O4/c1-4-14-16-17(26-21-14)20-11(2)22(18(16)24)10-15(23)19-9-12-5-7-13(25-3)8-6-12/h5-8H,4,9-10H2,1-3H3,(H,19,23). The molecule has 0 fully saturated rings. The minimum Gasteiger partial charge on any atom is -0.497 e. The minimum atomic E-state index is -0.315. The Morgan fingerprint density at radius 1 is 1.31 bits per heavy atom. The molecule has 0 unspecified atom stereocenters. The number of aromatic nitrogens is 3. The summed E-state index contributed by atoms with van der Waals surface area (Å²) in [5.41, 5.74) is 1.37. The highest BCUT2D eigenvalue weighted by molar-refractivity contribution is 5.78. The Hall–Kier alpha value is -3.16. The summed E-state index contributed by atoms with van der Waals surface area (Å²) in [6.07, 6.45) is 0.552. The van der Waals surface area contributed by atoms with E-state index in [1.807, 2.05) is 31.2 Å². The van der Waals surface area contributed by atoms with Crippen LogP contribution in [0.4, 0.5) is 0 Å². The van der Waals surface area contributed by atoms with Crippen molar-refractivity contribution in [3.8, 4) is 5.75 Å². The van der Waals surface area contributed by atoms with Crippen molar-refractivity contribution in [2.75, 3.05) is 7.11 Å². The van der Waals surface area contributed by atoms with Gasteiger partial charge >= 0.3 is 0 Å². The summed E-state index contributed by atoms with van der Waals surface area (Å²) in [6.45, 7) is 3.78. The molecule has 0 saturated carbocycles. The second-order valence-electron chi connectivity index (χ2n) is 5.84. The maximum Gasteiger partial charge on any atom is 0.267 e. The minimum absolute atomic E-state index is 0.113. The van der Waals surface area contributed by atoms with Crippen molar-refractivity contribution in [3.05, 3.63) is 51.7 Å². The molecule has 8 nitrogen and oxygen atoms in total. The van der Waals surface area contributed by atoms with E-state index in [2.05, 4.69) is 15.5 Å². The quantitative estimate of drug-likeness (QED) is 0.720. The van der Waals surface area contributed by atoms with Crippen molar-refractivity contribution in [3.63, 3.8) is 0 Å². The SMILES string of the molecule is CCc1noc2nc(C)n(CC(=O)NCc3ccc(OC)cc3)c(=O)c12. The van der Waals surface area contributed by atoms with E-state index in [1.165, 1.54) is 4.57 Å². The molecule has 1 amide bonds. The number of hydrogen-bond donors (Lipinski definition) is 1. The smallest absolute Gasteiger partial charge is 0.267 e. The van der Waals surface area contributed by atoms with Gasteiger partial charge in [0.1, 0.15) is 23.5 Å². The Labute approximate surface area is 149 Å². The molecule has 0 aliphatic heterocycles. The maximum atomic E-state index is 12.7. The van der Waals surface area contributed by atoms with Crippen LogP contribution in [-0.4, -0.2) is 27.7 Å². The molecule has 3 rings (SSSR count). The Bertz CT molecular complexity index is 989. The highest BCUT2D eigenvalue weighted by Crippen LogP contribution is 2.13. The fourth-order valence-corrected chi connectivity index (χ4v) is 2.66. The van der Waals surface area contributed by atoms with Crippen LogP contribution >= 0.6 is 0 Å². The number of fused-ring (bicyclic) bond motifs is 1. The molecule has 8 heteroatoms. The third kappa shape index (κ3) is 3.44. The molecule has 1 aromatic carbocycles. The van der Waals surface area contributed by atoms with Crippen LogP contribution in [0.1, 0.15) is 24.0 Å². The van der Waals surface area contributed by atoms with Crippen LogP contribution in [-0.2, 0) is 24.3 Å². The van der Waals surface area contributed by atoms with E-state index >= 15 is 0 Å². The molecule has 0 aliphatic rings. The zero-order valence-electron chi connectivity index (χ0n) is 14.9. The average molecular weight is 356 g/mol. The Morgan fingerprint density at radius 3 is 2.69 bits per heavy atom. The summed E-state index contributed by atoms with van der Waals surface area (Å²) in [7, 11) is 1.60. The molecule has 26 heavy (non-hydrogen) atoms. The summed E-state index contributed by atoms with van der Waals surface area (Å²) >= 11 is 0. The number of benzene rings is 1. The largest absolute Gasteiger partial charge is 0.497 e. The molecule has 1 N–H and O–H groups in total. The molecule has 3 aromatic rings. The van der Waals surface area contributed by atoms with E-state index in [-0.39, 0.29) is 23.7 Å². The number of rotatable bonds is 6. The molecule has 0 saturated heterocycles. The van der Waals surface area contributed by atoms with Crippen molar-refractivity contribution in [2.24, 2.45) is 0 Å². The van der Waals surface area contributed by atoms with Gasteiger partial charge in [0.15, 0.2) is 0 Å². The molecule has 0 aliphatic carbocycles. The number of nitrogens with zero attached hydrogens (tertiary/aromatic N) is 3.